The number of thiazole rings is 1. The number of ether oxygens (including phenoxy) is 1. The third-order valence-corrected chi connectivity index (χ3v) is 4.78. The fraction of sp³-hybridized carbons (Fsp3) is 0.250. The molecule has 5 heteroatoms. The van der Waals surface area contributed by atoms with E-state index in [0.29, 0.717) is 0 Å². The number of benzene rings is 2. The lowest BCUT2D eigenvalue weighted by atomic mass is 10.2. The van der Waals surface area contributed by atoms with Crippen LogP contribution in [0.25, 0.3) is 11.3 Å². The molecular weight excluding hydrogens is 352 g/mol. The lowest BCUT2D eigenvalue weighted by molar-refractivity contribution is 0.306. The van der Waals surface area contributed by atoms with Crippen molar-refractivity contribution in [3.63, 3.8) is 0 Å². The lowest BCUT2D eigenvalue weighted by Crippen LogP contribution is -1.97. The highest BCUT2D eigenvalue weighted by atomic mass is 35.5. The van der Waals surface area contributed by atoms with E-state index < -0.39 is 0 Å². The Kier molecular flexibility index (Phi) is 6.31. The van der Waals surface area contributed by atoms with E-state index in [9.17, 15) is 0 Å². The molecule has 0 saturated heterocycles. The standard InChI is InChI=1S/C20H21ClN2OS/c1-2-3-4-13-24-18-11-9-17(10-12-18)22-20-23-19(14-25-20)15-5-7-16(21)8-6-15/h5-12,14H,2-4,13H2,1H3,(H,22,23). The molecule has 2 aromatic carbocycles. The highest BCUT2D eigenvalue weighted by Gasteiger charge is 2.05. The average Bonchev–Trinajstić information content (AvgIpc) is 3.09. The lowest BCUT2D eigenvalue weighted by Gasteiger charge is -2.07. The second-order valence-corrected chi connectivity index (χ2v) is 7.04. The van der Waals surface area contributed by atoms with E-state index in [1.807, 2.05) is 53.9 Å². The van der Waals surface area contributed by atoms with Crippen LogP contribution in [-0.4, -0.2) is 11.6 Å². The van der Waals surface area contributed by atoms with Gasteiger partial charge in [-0.3, -0.25) is 0 Å². The summed E-state index contributed by atoms with van der Waals surface area (Å²) in [4.78, 5) is 4.63. The van der Waals surface area contributed by atoms with Crippen LogP contribution in [0, 0.1) is 0 Å². The molecule has 0 saturated carbocycles. The van der Waals surface area contributed by atoms with Crippen molar-refractivity contribution in [3.05, 3.63) is 58.9 Å². The summed E-state index contributed by atoms with van der Waals surface area (Å²) in [5.74, 6) is 0.905. The zero-order valence-corrected chi connectivity index (χ0v) is 15.7. The molecule has 0 fully saturated rings. The summed E-state index contributed by atoms with van der Waals surface area (Å²) >= 11 is 7.51. The van der Waals surface area contributed by atoms with Crippen LogP contribution < -0.4 is 10.1 Å². The van der Waals surface area contributed by atoms with Gasteiger partial charge < -0.3 is 10.1 Å². The summed E-state index contributed by atoms with van der Waals surface area (Å²) in [5, 5.41) is 6.97. The van der Waals surface area contributed by atoms with Crippen molar-refractivity contribution in [1.82, 2.24) is 4.98 Å². The van der Waals surface area contributed by atoms with Gasteiger partial charge in [0, 0.05) is 21.7 Å². The number of aromatic nitrogens is 1. The quantitative estimate of drug-likeness (QED) is 0.442. The highest BCUT2D eigenvalue weighted by molar-refractivity contribution is 7.14. The molecule has 3 rings (SSSR count). The van der Waals surface area contributed by atoms with Crippen molar-refractivity contribution in [2.45, 2.75) is 26.2 Å². The van der Waals surface area contributed by atoms with Crippen molar-refractivity contribution in [1.29, 1.82) is 0 Å². The van der Waals surface area contributed by atoms with Crippen LogP contribution in [0.3, 0.4) is 0 Å². The van der Waals surface area contributed by atoms with Crippen LogP contribution in [0.15, 0.2) is 53.9 Å². The molecule has 3 nitrogen and oxygen atoms in total. The van der Waals surface area contributed by atoms with Gasteiger partial charge in [-0.05, 0) is 42.8 Å². The molecule has 0 unspecified atom stereocenters. The van der Waals surface area contributed by atoms with Crippen molar-refractivity contribution < 1.29 is 4.74 Å². The van der Waals surface area contributed by atoms with Gasteiger partial charge in [-0.25, -0.2) is 4.98 Å². The van der Waals surface area contributed by atoms with Crippen LogP contribution in [0.4, 0.5) is 10.8 Å². The molecule has 25 heavy (non-hydrogen) atoms. The first-order chi connectivity index (χ1) is 12.2. The third kappa shape index (κ3) is 5.21. The monoisotopic (exact) mass is 372 g/mol. The van der Waals surface area contributed by atoms with E-state index in [4.69, 9.17) is 16.3 Å². The molecule has 0 spiro atoms. The fourth-order valence-corrected chi connectivity index (χ4v) is 3.25. The summed E-state index contributed by atoms with van der Waals surface area (Å²) in [7, 11) is 0. The van der Waals surface area contributed by atoms with Crippen LogP contribution in [0.1, 0.15) is 26.2 Å². The van der Waals surface area contributed by atoms with Crippen LogP contribution >= 0.6 is 22.9 Å². The Labute approximate surface area is 157 Å². The molecule has 0 amide bonds. The Balaban J connectivity index is 1.58. The number of nitrogens with one attached hydrogen (secondary N) is 1. The van der Waals surface area contributed by atoms with Gasteiger partial charge in [0.05, 0.1) is 12.3 Å². The van der Waals surface area contributed by atoms with Gasteiger partial charge >= 0.3 is 0 Å². The smallest absolute Gasteiger partial charge is 0.187 e. The Morgan fingerprint density at radius 2 is 1.80 bits per heavy atom. The van der Waals surface area contributed by atoms with E-state index >= 15 is 0 Å². The van der Waals surface area contributed by atoms with Gasteiger partial charge in [0.1, 0.15) is 5.75 Å². The minimum Gasteiger partial charge on any atom is -0.494 e. The molecule has 0 bridgehead atoms. The molecule has 1 heterocycles. The van der Waals surface area contributed by atoms with E-state index in [1.165, 1.54) is 12.8 Å². The van der Waals surface area contributed by atoms with Crippen molar-refractivity contribution in [3.8, 4) is 17.0 Å². The maximum atomic E-state index is 5.93. The minimum absolute atomic E-state index is 0.731. The van der Waals surface area contributed by atoms with Crippen LogP contribution in [-0.2, 0) is 0 Å². The average molecular weight is 373 g/mol. The SMILES string of the molecule is CCCCCOc1ccc(Nc2nc(-c3ccc(Cl)cc3)cs2)cc1. The first-order valence-corrected chi connectivity index (χ1v) is 9.71. The predicted molar refractivity (Wildman–Crippen MR) is 107 cm³/mol. The van der Waals surface area contributed by atoms with Crippen molar-refractivity contribution in [2.24, 2.45) is 0 Å². The molecule has 130 valence electrons. The van der Waals surface area contributed by atoms with E-state index in [2.05, 4.69) is 17.2 Å². The third-order valence-electron chi connectivity index (χ3n) is 3.77. The Hall–Kier alpha value is -2.04. The van der Waals surface area contributed by atoms with E-state index in [-0.39, 0.29) is 0 Å². The van der Waals surface area contributed by atoms with Gasteiger partial charge in [0.25, 0.3) is 0 Å². The fourth-order valence-electron chi connectivity index (χ4n) is 2.38. The topological polar surface area (TPSA) is 34.1 Å². The van der Waals surface area contributed by atoms with Gasteiger partial charge in [0.15, 0.2) is 5.13 Å². The minimum atomic E-state index is 0.731. The maximum absolute atomic E-state index is 5.93. The summed E-state index contributed by atoms with van der Waals surface area (Å²) in [6.45, 7) is 2.97. The second-order valence-electron chi connectivity index (χ2n) is 5.75. The number of halogens is 1. The predicted octanol–water partition coefficient (Wildman–Crippen LogP) is 6.78. The molecule has 0 atom stereocenters. The number of anilines is 2. The Bertz CT molecular complexity index is 784. The molecule has 0 aliphatic heterocycles. The van der Waals surface area contributed by atoms with Gasteiger partial charge in [-0.1, -0.05) is 43.5 Å². The number of hydrogen-bond acceptors (Lipinski definition) is 4. The van der Waals surface area contributed by atoms with E-state index in [0.717, 1.165) is 45.9 Å². The summed E-state index contributed by atoms with van der Waals surface area (Å²) in [6.07, 6.45) is 3.51. The Morgan fingerprint density at radius 1 is 1.04 bits per heavy atom. The number of hydrogen-bond donors (Lipinski definition) is 1. The second kappa shape index (κ2) is 8.88. The largest absolute Gasteiger partial charge is 0.494 e. The summed E-state index contributed by atoms with van der Waals surface area (Å²) in [6, 6.07) is 15.7. The number of rotatable bonds is 8. The van der Waals surface area contributed by atoms with E-state index in [1.54, 1.807) is 11.3 Å². The molecular formula is C20H21ClN2OS. The zero-order chi connectivity index (χ0) is 17.5. The maximum Gasteiger partial charge on any atom is 0.187 e. The summed E-state index contributed by atoms with van der Waals surface area (Å²) < 4.78 is 5.73. The molecule has 1 aromatic heterocycles. The molecule has 0 radical (unpaired) electrons. The first-order valence-electron chi connectivity index (χ1n) is 8.46. The Morgan fingerprint density at radius 3 is 2.52 bits per heavy atom. The number of unbranched alkanes of at least 4 members (excludes halogenated alkanes) is 2. The molecule has 0 aliphatic carbocycles. The highest BCUT2D eigenvalue weighted by Crippen LogP contribution is 2.28. The summed E-state index contributed by atoms with van der Waals surface area (Å²) in [5.41, 5.74) is 3.00. The van der Waals surface area contributed by atoms with Crippen LogP contribution in [0.5, 0.6) is 5.75 Å². The zero-order valence-electron chi connectivity index (χ0n) is 14.2. The molecule has 0 aliphatic rings. The first kappa shape index (κ1) is 17.8. The molecule has 3 aromatic rings. The van der Waals surface area contributed by atoms with Crippen molar-refractivity contribution in [2.75, 3.05) is 11.9 Å². The normalized spacial score (nSPS) is 10.6. The molecule has 1 N–H and O–H groups in total. The van der Waals surface area contributed by atoms with Gasteiger partial charge in [-0.2, -0.15) is 0 Å². The van der Waals surface area contributed by atoms with Crippen molar-refractivity contribution >= 4 is 33.8 Å². The van der Waals surface area contributed by atoms with Crippen LogP contribution in [0.2, 0.25) is 5.02 Å². The van der Waals surface area contributed by atoms with Gasteiger partial charge in [-0.15, -0.1) is 11.3 Å². The number of nitrogens with zero attached hydrogens (tertiary/aromatic N) is 1. The van der Waals surface area contributed by atoms with Gasteiger partial charge in [0.2, 0.25) is 0 Å².